The summed E-state index contributed by atoms with van der Waals surface area (Å²) in [6.45, 7) is 7.75. The maximum Gasteiger partial charge on any atom is 0.251 e. The lowest BCUT2D eigenvalue weighted by molar-refractivity contribution is 0.0949. The van der Waals surface area contributed by atoms with Gasteiger partial charge in [-0.15, -0.1) is 0 Å². The van der Waals surface area contributed by atoms with Gasteiger partial charge in [0.2, 0.25) is 0 Å². The maximum absolute atomic E-state index is 13.2. The van der Waals surface area contributed by atoms with Gasteiger partial charge >= 0.3 is 0 Å². The Labute approximate surface area is 125 Å². The molecule has 0 saturated carbocycles. The Morgan fingerprint density at radius 1 is 1.29 bits per heavy atom. The van der Waals surface area contributed by atoms with E-state index in [2.05, 4.69) is 22.2 Å². The van der Waals surface area contributed by atoms with Crippen LogP contribution in [0.5, 0.6) is 0 Å². The minimum atomic E-state index is -0.276. The molecule has 0 unspecified atom stereocenters. The third-order valence-corrected chi connectivity index (χ3v) is 3.95. The highest BCUT2D eigenvalue weighted by Crippen LogP contribution is 2.09. The molecule has 1 heterocycles. The topological polar surface area (TPSA) is 35.6 Å². The molecule has 1 aliphatic heterocycles. The highest BCUT2D eigenvalue weighted by atomic mass is 19.1. The number of nitrogens with zero attached hydrogens (tertiary/aromatic N) is 2. The van der Waals surface area contributed by atoms with Crippen molar-refractivity contribution in [1.29, 1.82) is 0 Å². The third-order valence-electron chi connectivity index (χ3n) is 3.95. The molecular weight excluding hydrogens is 269 g/mol. The first-order valence-electron chi connectivity index (χ1n) is 7.51. The van der Waals surface area contributed by atoms with Gasteiger partial charge in [-0.25, -0.2) is 4.39 Å². The largest absolute Gasteiger partial charge is 0.352 e. The van der Waals surface area contributed by atoms with Crippen LogP contribution in [-0.2, 0) is 0 Å². The standard InChI is InChI=1S/C16H24FN3O/c1-13-12-14(4-5-15(13)17)16(21)18-6-3-7-20-10-8-19(2)9-11-20/h4-5,12H,3,6-11H2,1-2H3,(H,18,21). The Morgan fingerprint density at radius 2 is 2.00 bits per heavy atom. The summed E-state index contributed by atoms with van der Waals surface area (Å²) in [4.78, 5) is 16.7. The first-order chi connectivity index (χ1) is 10.1. The fourth-order valence-electron chi connectivity index (χ4n) is 2.46. The summed E-state index contributed by atoms with van der Waals surface area (Å²) in [7, 11) is 2.14. The summed E-state index contributed by atoms with van der Waals surface area (Å²) >= 11 is 0. The summed E-state index contributed by atoms with van der Waals surface area (Å²) in [6, 6.07) is 4.46. The fraction of sp³-hybridized carbons (Fsp3) is 0.562. The number of benzene rings is 1. The predicted molar refractivity (Wildman–Crippen MR) is 82.0 cm³/mol. The van der Waals surface area contributed by atoms with E-state index in [0.29, 0.717) is 17.7 Å². The number of hydrogen-bond acceptors (Lipinski definition) is 3. The molecule has 0 spiro atoms. The highest BCUT2D eigenvalue weighted by molar-refractivity contribution is 5.94. The molecule has 0 atom stereocenters. The van der Waals surface area contributed by atoms with Gasteiger partial charge in [0.25, 0.3) is 5.91 Å². The summed E-state index contributed by atoms with van der Waals surface area (Å²) in [5.74, 6) is -0.405. The Morgan fingerprint density at radius 3 is 2.67 bits per heavy atom. The molecule has 1 saturated heterocycles. The van der Waals surface area contributed by atoms with Crippen molar-refractivity contribution in [3.8, 4) is 0 Å². The van der Waals surface area contributed by atoms with Crippen LogP contribution in [0, 0.1) is 12.7 Å². The van der Waals surface area contributed by atoms with Crippen molar-refractivity contribution in [2.24, 2.45) is 0 Å². The molecular formula is C16H24FN3O. The second-order valence-corrected chi connectivity index (χ2v) is 5.72. The van der Waals surface area contributed by atoms with Crippen molar-refractivity contribution in [1.82, 2.24) is 15.1 Å². The molecule has 2 rings (SSSR count). The zero-order valence-corrected chi connectivity index (χ0v) is 12.9. The number of carbonyl (C=O) groups is 1. The lowest BCUT2D eigenvalue weighted by Crippen LogP contribution is -2.45. The molecule has 4 nitrogen and oxygen atoms in total. The van der Waals surface area contributed by atoms with Gasteiger partial charge in [-0.1, -0.05) is 0 Å². The SMILES string of the molecule is Cc1cc(C(=O)NCCCN2CCN(C)CC2)ccc1F. The average molecular weight is 293 g/mol. The Hall–Kier alpha value is -1.46. The van der Waals surface area contributed by atoms with E-state index < -0.39 is 0 Å². The maximum atomic E-state index is 13.2. The zero-order chi connectivity index (χ0) is 15.2. The van der Waals surface area contributed by atoms with Crippen molar-refractivity contribution in [2.45, 2.75) is 13.3 Å². The van der Waals surface area contributed by atoms with Gasteiger partial charge in [0.15, 0.2) is 0 Å². The van der Waals surface area contributed by atoms with Crippen molar-refractivity contribution >= 4 is 5.91 Å². The van der Waals surface area contributed by atoms with Gasteiger partial charge in [0.1, 0.15) is 5.82 Å². The Bertz CT molecular complexity index is 484. The molecule has 1 aromatic carbocycles. The minimum Gasteiger partial charge on any atom is -0.352 e. The molecule has 1 aliphatic rings. The summed E-state index contributed by atoms with van der Waals surface area (Å²) in [5, 5.41) is 2.90. The Balaban J connectivity index is 1.68. The van der Waals surface area contributed by atoms with Gasteiger partial charge < -0.3 is 15.1 Å². The number of hydrogen-bond donors (Lipinski definition) is 1. The van der Waals surface area contributed by atoms with Crippen molar-refractivity contribution in [3.63, 3.8) is 0 Å². The van der Waals surface area contributed by atoms with Crippen molar-refractivity contribution in [3.05, 3.63) is 35.1 Å². The predicted octanol–water partition coefficient (Wildman–Crippen LogP) is 1.50. The number of rotatable bonds is 5. The van der Waals surface area contributed by atoms with E-state index in [9.17, 15) is 9.18 Å². The normalized spacial score (nSPS) is 16.9. The van der Waals surface area contributed by atoms with Crippen LogP contribution in [0.15, 0.2) is 18.2 Å². The van der Waals surface area contributed by atoms with E-state index in [1.165, 1.54) is 12.1 Å². The second kappa shape index (κ2) is 7.52. The van der Waals surface area contributed by atoms with Crippen LogP contribution >= 0.6 is 0 Å². The number of carbonyl (C=O) groups excluding carboxylic acids is 1. The number of piperazine rings is 1. The highest BCUT2D eigenvalue weighted by Gasteiger charge is 2.13. The van der Waals surface area contributed by atoms with E-state index in [0.717, 1.165) is 39.1 Å². The molecule has 1 fully saturated rings. The van der Waals surface area contributed by atoms with Gasteiger partial charge in [0, 0.05) is 38.3 Å². The number of nitrogens with one attached hydrogen (secondary N) is 1. The van der Waals surface area contributed by atoms with Crippen LogP contribution in [0.4, 0.5) is 4.39 Å². The van der Waals surface area contributed by atoms with Crippen LogP contribution in [0.2, 0.25) is 0 Å². The molecule has 1 aromatic rings. The van der Waals surface area contributed by atoms with Gasteiger partial charge in [-0.05, 0) is 50.7 Å². The molecule has 1 N–H and O–H groups in total. The van der Waals surface area contributed by atoms with Crippen molar-refractivity contribution in [2.75, 3.05) is 46.3 Å². The number of amides is 1. The lowest BCUT2D eigenvalue weighted by atomic mass is 10.1. The second-order valence-electron chi connectivity index (χ2n) is 5.72. The fourth-order valence-corrected chi connectivity index (χ4v) is 2.46. The minimum absolute atomic E-state index is 0.128. The van der Waals surface area contributed by atoms with Gasteiger partial charge in [0.05, 0.1) is 0 Å². The molecule has 0 radical (unpaired) electrons. The molecule has 21 heavy (non-hydrogen) atoms. The van der Waals surface area contributed by atoms with Crippen LogP contribution in [0.25, 0.3) is 0 Å². The third kappa shape index (κ3) is 4.79. The zero-order valence-electron chi connectivity index (χ0n) is 12.9. The van der Waals surface area contributed by atoms with Crippen LogP contribution < -0.4 is 5.32 Å². The molecule has 0 bridgehead atoms. The monoisotopic (exact) mass is 293 g/mol. The summed E-state index contributed by atoms with van der Waals surface area (Å²) in [5.41, 5.74) is 1.02. The van der Waals surface area contributed by atoms with Crippen LogP contribution in [0.3, 0.4) is 0 Å². The lowest BCUT2D eigenvalue weighted by Gasteiger charge is -2.32. The first-order valence-corrected chi connectivity index (χ1v) is 7.51. The summed E-state index contributed by atoms with van der Waals surface area (Å²) in [6.07, 6.45) is 0.940. The van der Waals surface area contributed by atoms with Crippen LogP contribution in [-0.4, -0.2) is 62.0 Å². The van der Waals surface area contributed by atoms with E-state index in [-0.39, 0.29) is 11.7 Å². The number of likely N-dealkylation sites (N-methyl/N-ethyl adjacent to an activating group) is 1. The smallest absolute Gasteiger partial charge is 0.251 e. The quantitative estimate of drug-likeness (QED) is 0.836. The van der Waals surface area contributed by atoms with E-state index >= 15 is 0 Å². The van der Waals surface area contributed by atoms with E-state index in [1.807, 2.05) is 0 Å². The summed E-state index contributed by atoms with van der Waals surface area (Å²) < 4.78 is 13.2. The first kappa shape index (κ1) is 15.9. The van der Waals surface area contributed by atoms with Crippen molar-refractivity contribution < 1.29 is 9.18 Å². The molecule has 0 aliphatic carbocycles. The number of halogens is 1. The van der Waals surface area contributed by atoms with E-state index in [4.69, 9.17) is 0 Å². The molecule has 0 aromatic heterocycles. The molecule has 5 heteroatoms. The Kier molecular flexibility index (Phi) is 5.70. The average Bonchev–Trinajstić information content (AvgIpc) is 2.48. The molecule has 1 amide bonds. The van der Waals surface area contributed by atoms with Gasteiger partial charge in [-0.2, -0.15) is 0 Å². The number of aryl methyl sites for hydroxylation is 1. The van der Waals surface area contributed by atoms with Gasteiger partial charge in [-0.3, -0.25) is 4.79 Å². The molecule has 116 valence electrons. The van der Waals surface area contributed by atoms with Crippen LogP contribution in [0.1, 0.15) is 22.3 Å². The van der Waals surface area contributed by atoms with E-state index in [1.54, 1.807) is 13.0 Å².